The van der Waals surface area contributed by atoms with E-state index in [9.17, 15) is 10.1 Å². The molecule has 9 nitrogen and oxygen atoms in total. The van der Waals surface area contributed by atoms with E-state index in [1.807, 2.05) is 6.07 Å². The van der Waals surface area contributed by atoms with Gasteiger partial charge in [0.15, 0.2) is 17.2 Å². The van der Waals surface area contributed by atoms with Gasteiger partial charge in [0, 0.05) is 5.56 Å². The van der Waals surface area contributed by atoms with E-state index in [0.717, 1.165) is 0 Å². The van der Waals surface area contributed by atoms with Gasteiger partial charge in [-0.15, -0.1) is 0 Å². The highest BCUT2D eigenvalue weighted by Gasteiger charge is 2.34. The molecule has 0 fully saturated rings. The number of nitrogen functional groups attached to an aromatic ring is 1. The Morgan fingerprint density at radius 1 is 1.29 bits per heavy atom. The molecule has 2 atom stereocenters. The van der Waals surface area contributed by atoms with E-state index >= 15 is 0 Å². The number of carbonyl (C=O) groups excluding carboxylic acids is 1. The Balaban J connectivity index is 2.19. The van der Waals surface area contributed by atoms with Crippen molar-refractivity contribution in [1.82, 2.24) is 0 Å². The average Bonchev–Trinajstić information content (AvgIpc) is 2.74. The number of hydrogen-bond acceptors (Lipinski definition) is 8. The van der Waals surface area contributed by atoms with Crippen LogP contribution < -0.4 is 36.7 Å². The van der Waals surface area contributed by atoms with E-state index in [0.29, 0.717) is 32.8 Å². The number of nitrogens with one attached hydrogen (secondary N) is 1. The summed E-state index contributed by atoms with van der Waals surface area (Å²) in [4.78, 5) is 12.0. The molecule has 162 valence electrons. The number of benzene rings is 2. The first-order valence-electron chi connectivity index (χ1n) is 9.21. The second-order valence-electron chi connectivity index (χ2n) is 6.89. The summed E-state index contributed by atoms with van der Waals surface area (Å²) in [6, 6.07) is 8.34. The molecule has 0 saturated carbocycles. The molecule has 0 saturated heterocycles. The van der Waals surface area contributed by atoms with Crippen LogP contribution in [0.3, 0.4) is 0 Å². The van der Waals surface area contributed by atoms with Gasteiger partial charge in [0.05, 0.1) is 42.0 Å². The Morgan fingerprint density at radius 2 is 2.00 bits per heavy atom. The largest absolute Gasteiger partial charge is 0.493 e. The molecule has 0 spiro atoms. The number of carbonyl (C=O) groups is 1. The van der Waals surface area contributed by atoms with Crippen LogP contribution in [0.2, 0.25) is 0 Å². The zero-order valence-corrected chi connectivity index (χ0v) is 18.7. The van der Waals surface area contributed by atoms with Crippen molar-refractivity contribution in [1.29, 1.82) is 5.26 Å². The molecule has 0 aromatic heterocycles. The summed E-state index contributed by atoms with van der Waals surface area (Å²) in [5.74, 6) is 0.199. The smallest absolute Gasteiger partial charge is 0.241 e. The van der Waals surface area contributed by atoms with Crippen molar-refractivity contribution in [2.45, 2.75) is 18.9 Å². The number of hydrogen-bond donors (Lipinski definition) is 4. The molecule has 0 bridgehead atoms. The third-order valence-corrected chi connectivity index (χ3v) is 5.47. The molecule has 0 aliphatic carbocycles. The summed E-state index contributed by atoms with van der Waals surface area (Å²) in [5, 5.41) is 12.4. The van der Waals surface area contributed by atoms with Crippen molar-refractivity contribution in [2.75, 3.05) is 25.3 Å². The lowest BCUT2D eigenvalue weighted by atomic mass is 9.83. The molecule has 0 radical (unpaired) electrons. The summed E-state index contributed by atoms with van der Waals surface area (Å²) in [7, 11) is 3.05. The van der Waals surface area contributed by atoms with Crippen molar-refractivity contribution in [3.8, 4) is 23.3 Å². The number of methoxy groups -OCH3 is 2. The number of nitriles is 1. The van der Waals surface area contributed by atoms with Gasteiger partial charge in [-0.3, -0.25) is 4.79 Å². The van der Waals surface area contributed by atoms with Crippen molar-refractivity contribution in [3.63, 3.8) is 0 Å². The van der Waals surface area contributed by atoms with Gasteiger partial charge in [-0.1, -0.05) is 6.07 Å². The van der Waals surface area contributed by atoms with Gasteiger partial charge in [-0.05, 0) is 46.6 Å². The fourth-order valence-electron chi connectivity index (χ4n) is 3.35. The standard InChI is InChI=1S/C21H22BrN5O4/c1-9(24)21(28)27-14-5-4-11-16(12(8-23)20(26)31-18(11)17(14)25)10-6-13(22)19(30-3)15(7-10)29-2/h4-7,9,16H,24-26H2,1-3H3,(H,27,28)/t9-,16?/m0/s1. The highest BCUT2D eigenvalue weighted by Crippen LogP contribution is 2.49. The van der Waals surface area contributed by atoms with Gasteiger partial charge in [0.1, 0.15) is 11.6 Å². The Bertz CT molecular complexity index is 1120. The van der Waals surface area contributed by atoms with Gasteiger partial charge >= 0.3 is 0 Å². The van der Waals surface area contributed by atoms with Crippen LogP contribution in [0.15, 0.2) is 40.2 Å². The minimum absolute atomic E-state index is 0.0757. The van der Waals surface area contributed by atoms with Crippen molar-refractivity contribution >= 4 is 33.2 Å². The molecular formula is C21H22BrN5O4. The number of ether oxygens (including phenoxy) is 3. The first-order valence-corrected chi connectivity index (χ1v) is 10.0. The van der Waals surface area contributed by atoms with E-state index in [4.69, 9.17) is 31.4 Å². The van der Waals surface area contributed by atoms with Crippen molar-refractivity contribution in [2.24, 2.45) is 11.5 Å². The van der Waals surface area contributed by atoms with E-state index in [2.05, 4.69) is 27.3 Å². The quantitative estimate of drug-likeness (QED) is 0.468. The molecule has 3 rings (SSSR count). The maximum atomic E-state index is 12.0. The number of nitrogens with two attached hydrogens (primary N) is 3. The summed E-state index contributed by atoms with van der Waals surface area (Å²) >= 11 is 3.48. The van der Waals surface area contributed by atoms with Crippen LogP contribution in [-0.2, 0) is 4.79 Å². The summed E-state index contributed by atoms with van der Waals surface area (Å²) in [5.41, 5.74) is 20.0. The number of allylic oxidation sites excluding steroid dienone is 1. The van der Waals surface area contributed by atoms with Gasteiger partial charge < -0.3 is 36.7 Å². The second kappa shape index (κ2) is 8.75. The Kier molecular flexibility index (Phi) is 6.29. The Hall–Kier alpha value is -3.42. The first-order chi connectivity index (χ1) is 14.7. The van der Waals surface area contributed by atoms with E-state index in [1.54, 1.807) is 25.1 Å². The molecule has 31 heavy (non-hydrogen) atoms. The van der Waals surface area contributed by atoms with Crippen LogP contribution >= 0.6 is 15.9 Å². The van der Waals surface area contributed by atoms with Gasteiger partial charge in [0.25, 0.3) is 0 Å². The molecule has 7 N–H and O–H groups in total. The lowest BCUT2D eigenvalue weighted by Crippen LogP contribution is -2.32. The van der Waals surface area contributed by atoms with E-state index < -0.39 is 17.9 Å². The van der Waals surface area contributed by atoms with Crippen LogP contribution in [0.25, 0.3) is 0 Å². The van der Waals surface area contributed by atoms with Crippen molar-refractivity contribution in [3.05, 3.63) is 51.3 Å². The molecule has 1 heterocycles. The van der Waals surface area contributed by atoms with Crippen LogP contribution in [0, 0.1) is 11.3 Å². The predicted molar refractivity (Wildman–Crippen MR) is 120 cm³/mol. The van der Waals surface area contributed by atoms with Crippen LogP contribution in [0.5, 0.6) is 17.2 Å². The highest BCUT2D eigenvalue weighted by molar-refractivity contribution is 9.10. The lowest BCUT2D eigenvalue weighted by molar-refractivity contribution is -0.117. The number of halogens is 1. The Labute approximate surface area is 187 Å². The predicted octanol–water partition coefficient (Wildman–Crippen LogP) is 2.55. The molecule has 10 heteroatoms. The number of anilines is 2. The van der Waals surface area contributed by atoms with Crippen LogP contribution in [0.1, 0.15) is 24.0 Å². The SMILES string of the molecule is COc1cc(C2C(C#N)=C(N)Oc3c2ccc(NC(=O)[C@H](C)N)c3N)cc(Br)c1OC. The summed E-state index contributed by atoms with van der Waals surface area (Å²) in [6.45, 7) is 1.56. The summed E-state index contributed by atoms with van der Waals surface area (Å²) < 4.78 is 17.1. The second-order valence-corrected chi connectivity index (χ2v) is 7.74. The van der Waals surface area contributed by atoms with Crippen molar-refractivity contribution < 1.29 is 19.0 Å². The minimum atomic E-state index is -0.719. The average molecular weight is 488 g/mol. The first kappa shape index (κ1) is 22.3. The fraction of sp³-hybridized carbons (Fsp3) is 0.238. The fourth-order valence-corrected chi connectivity index (χ4v) is 3.97. The third kappa shape index (κ3) is 3.97. The third-order valence-electron chi connectivity index (χ3n) is 4.88. The van der Waals surface area contributed by atoms with Gasteiger partial charge in [0.2, 0.25) is 11.8 Å². The molecule has 1 unspecified atom stereocenters. The highest BCUT2D eigenvalue weighted by atomic mass is 79.9. The minimum Gasteiger partial charge on any atom is -0.493 e. The number of amides is 1. The number of rotatable bonds is 5. The molecule has 1 aliphatic heterocycles. The topological polar surface area (TPSA) is 159 Å². The molecular weight excluding hydrogens is 466 g/mol. The maximum absolute atomic E-state index is 12.0. The monoisotopic (exact) mass is 487 g/mol. The van der Waals surface area contributed by atoms with E-state index in [-0.39, 0.29) is 22.9 Å². The summed E-state index contributed by atoms with van der Waals surface area (Å²) in [6.07, 6.45) is 0. The molecule has 1 amide bonds. The molecule has 2 aromatic rings. The molecule has 2 aromatic carbocycles. The number of fused-ring (bicyclic) bond motifs is 1. The van der Waals surface area contributed by atoms with Gasteiger partial charge in [-0.25, -0.2) is 0 Å². The zero-order chi connectivity index (χ0) is 22.9. The molecule has 1 aliphatic rings. The normalized spacial score (nSPS) is 15.9. The lowest BCUT2D eigenvalue weighted by Gasteiger charge is -2.29. The van der Waals surface area contributed by atoms with Gasteiger partial charge in [-0.2, -0.15) is 5.26 Å². The maximum Gasteiger partial charge on any atom is 0.241 e. The van der Waals surface area contributed by atoms with Crippen LogP contribution in [0.4, 0.5) is 11.4 Å². The van der Waals surface area contributed by atoms with E-state index in [1.165, 1.54) is 14.2 Å². The van der Waals surface area contributed by atoms with Crippen LogP contribution in [-0.4, -0.2) is 26.2 Å². The Morgan fingerprint density at radius 3 is 2.58 bits per heavy atom. The number of nitrogens with zero attached hydrogens (tertiary/aromatic N) is 1. The zero-order valence-electron chi connectivity index (χ0n) is 17.2.